The molecule has 0 radical (unpaired) electrons. The summed E-state index contributed by atoms with van der Waals surface area (Å²) in [7, 11) is 1.75. The van der Waals surface area contributed by atoms with Crippen molar-refractivity contribution in [3.8, 4) is 17.1 Å². The summed E-state index contributed by atoms with van der Waals surface area (Å²) in [4.78, 5) is 45.3. The third-order valence-corrected chi connectivity index (χ3v) is 8.64. The molecule has 3 aromatic heterocycles. The number of benzene rings is 1. The maximum Gasteiger partial charge on any atom is 0.284 e. The monoisotopic (exact) mass is 616 g/mol. The SMILES string of the molecule is Cc1c(C(=O)NC2CCN(c3nc(-c4cccc(N5CCCNCC5)n4)cnc3N)CC2)c(=O)n(-c2cccc(Cl)c2)n1C. The van der Waals surface area contributed by atoms with E-state index in [1.807, 2.05) is 18.2 Å². The van der Waals surface area contributed by atoms with E-state index in [2.05, 4.69) is 25.4 Å². The van der Waals surface area contributed by atoms with Crippen LogP contribution in [0.1, 0.15) is 35.3 Å². The number of rotatable bonds is 6. The Kier molecular flexibility index (Phi) is 8.53. The molecular weight excluding hydrogens is 580 g/mol. The van der Waals surface area contributed by atoms with E-state index in [4.69, 9.17) is 27.3 Å². The second kappa shape index (κ2) is 12.7. The first-order valence-electron chi connectivity index (χ1n) is 15.0. The molecule has 2 saturated heterocycles. The van der Waals surface area contributed by atoms with Gasteiger partial charge in [0.2, 0.25) is 0 Å². The summed E-state index contributed by atoms with van der Waals surface area (Å²) < 4.78 is 3.14. The van der Waals surface area contributed by atoms with Crippen LogP contribution in [0.4, 0.5) is 17.5 Å². The number of nitrogens with zero attached hydrogens (tertiary/aromatic N) is 7. The van der Waals surface area contributed by atoms with Gasteiger partial charge in [0.1, 0.15) is 17.1 Å². The van der Waals surface area contributed by atoms with Crippen LogP contribution in [0.5, 0.6) is 0 Å². The summed E-state index contributed by atoms with van der Waals surface area (Å²) in [5, 5.41) is 7.02. The van der Waals surface area contributed by atoms with Crippen molar-refractivity contribution in [2.24, 2.45) is 7.05 Å². The molecule has 230 valence electrons. The number of carbonyl (C=O) groups excluding carboxylic acids is 1. The molecule has 1 amide bonds. The molecule has 0 aliphatic carbocycles. The van der Waals surface area contributed by atoms with Gasteiger partial charge in [-0.05, 0) is 63.1 Å². The number of hydrogen-bond donors (Lipinski definition) is 3. The van der Waals surface area contributed by atoms with Gasteiger partial charge in [0.05, 0.1) is 23.3 Å². The third kappa shape index (κ3) is 6.00. The fourth-order valence-electron chi connectivity index (χ4n) is 5.92. The standard InChI is InChI=1S/C31H37ClN10O2/c1-20-27(31(44)42(39(20)2)23-7-3-6-21(32)18-23)30(43)36-22-10-15-41(16-11-22)29-28(33)35-19-25(38-29)24-8-4-9-26(37-24)40-14-5-12-34-13-17-40/h3-4,6-9,18-19,22,34H,5,10-17H2,1-2H3,(H2,33,35)(H,36,43). The van der Waals surface area contributed by atoms with E-state index in [9.17, 15) is 9.59 Å². The average molecular weight is 617 g/mol. The fraction of sp³-hybridized carbons (Fsp3) is 0.387. The zero-order chi connectivity index (χ0) is 30.8. The van der Waals surface area contributed by atoms with E-state index in [-0.39, 0.29) is 23.1 Å². The molecule has 4 N–H and O–H groups in total. The minimum Gasteiger partial charge on any atom is -0.381 e. The Hall–Kier alpha value is -4.42. The molecule has 2 aliphatic rings. The van der Waals surface area contributed by atoms with Crippen LogP contribution < -0.4 is 31.7 Å². The van der Waals surface area contributed by atoms with Gasteiger partial charge >= 0.3 is 0 Å². The van der Waals surface area contributed by atoms with Crippen LogP contribution in [0.15, 0.2) is 53.5 Å². The second-order valence-corrected chi connectivity index (χ2v) is 11.7. The predicted molar refractivity (Wildman–Crippen MR) is 173 cm³/mol. The van der Waals surface area contributed by atoms with Gasteiger partial charge in [-0.25, -0.2) is 19.6 Å². The van der Waals surface area contributed by atoms with Gasteiger partial charge in [0, 0.05) is 50.8 Å². The number of piperidine rings is 1. The first kappa shape index (κ1) is 29.6. The predicted octanol–water partition coefficient (Wildman–Crippen LogP) is 2.77. The van der Waals surface area contributed by atoms with Gasteiger partial charge in [-0.3, -0.25) is 14.3 Å². The number of anilines is 3. The highest BCUT2D eigenvalue weighted by Crippen LogP contribution is 2.27. The Bertz CT molecular complexity index is 1720. The van der Waals surface area contributed by atoms with Crippen molar-refractivity contribution < 1.29 is 4.79 Å². The van der Waals surface area contributed by atoms with Gasteiger partial charge in [0.15, 0.2) is 11.6 Å². The van der Waals surface area contributed by atoms with E-state index in [0.717, 1.165) is 44.1 Å². The molecule has 0 atom stereocenters. The first-order chi connectivity index (χ1) is 21.3. The van der Waals surface area contributed by atoms with Crippen LogP contribution in [0, 0.1) is 6.92 Å². The Morgan fingerprint density at radius 1 is 1.02 bits per heavy atom. The Morgan fingerprint density at radius 2 is 1.82 bits per heavy atom. The lowest BCUT2D eigenvalue weighted by Crippen LogP contribution is -2.46. The quantitative estimate of drug-likeness (QED) is 0.298. The zero-order valence-electron chi connectivity index (χ0n) is 25.0. The van der Waals surface area contributed by atoms with Crippen LogP contribution in [0.2, 0.25) is 5.02 Å². The van der Waals surface area contributed by atoms with Gasteiger partial charge in [0.25, 0.3) is 11.5 Å². The molecule has 13 heteroatoms. The Labute approximate surface area is 260 Å². The maximum atomic E-state index is 13.4. The third-order valence-electron chi connectivity index (χ3n) is 8.41. The Balaban J connectivity index is 1.14. The van der Waals surface area contributed by atoms with Crippen LogP contribution in [0.3, 0.4) is 0 Å². The smallest absolute Gasteiger partial charge is 0.284 e. The van der Waals surface area contributed by atoms with E-state index < -0.39 is 0 Å². The van der Waals surface area contributed by atoms with Gasteiger partial charge in [-0.15, -0.1) is 0 Å². The van der Waals surface area contributed by atoms with E-state index >= 15 is 0 Å². The van der Waals surface area contributed by atoms with Gasteiger partial charge in [-0.1, -0.05) is 23.7 Å². The number of aromatic nitrogens is 5. The number of carbonyl (C=O) groups is 1. The molecule has 44 heavy (non-hydrogen) atoms. The molecule has 1 aromatic carbocycles. The number of halogens is 1. The van der Waals surface area contributed by atoms with E-state index in [1.54, 1.807) is 49.1 Å². The van der Waals surface area contributed by atoms with Gasteiger partial charge < -0.3 is 26.2 Å². The van der Waals surface area contributed by atoms with Crippen molar-refractivity contribution >= 4 is 35.0 Å². The largest absolute Gasteiger partial charge is 0.381 e. The number of pyridine rings is 1. The molecule has 0 bridgehead atoms. The molecule has 6 rings (SSSR count). The summed E-state index contributed by atoms with van der Waals surface area (Å²) in [6.07, 6.45) is 4.07. The minimum atomic E-state index is -0.382. The lowest BCUT2D eigenvalue weighted by Gasteiger charge is -2.33. The van der Waals surface area contributed by atoms with Crippen LogP contribution in [-0.2, 0) is 7.05 Å². The lowest BCUT2D eigenvalue weighted by atomic mass is 10.0. The highest BCUT2D eigenvalue weighted by Gasteiger charge is 2.28. The summed E-state index contributed by atoms with van der Waals surface area (Å²) in [6.45, 7) is 6.82. The van der Waals surface area contributed by atoms with Crippen molar-refractivity contribution in [2.75, 3.05) is 54.8 Å². The van der Waals surface area contributed by atoms with Gasteiger partial charge in [-0.2, -0.15) is 0 Å². The van der Waals surface area contributed by atoms with Crippen molar-refractivity contribution in [3.63, 3.8) is 0 Å². The lowest BCUT2D eigenvalue weighted by molar-refractivity contribution is 0.0929. The number of nitrogens with one attached hydrogen (secondary N) is 2. The number of amides is 1. The topological polar surface area (TPSA) is 139 Å². The molecule has 0 saturated carbocycles. The number of nitrogen functional groups attached to an aromatic ring is 1. The van der Waals surface area contributed by atoms with Crippen LogP contribution in [0.25, 0.3) is 17.1 Å². The average Bonchev–Trinajstić information content (AvgIpc) is 3.19. The van der Waals surface area contributed by atoms with Crippen LogP contribution in [-0.4, -0.2) is 75.5 Å². The van der Waals surface area contributed by atoms with E-state index in [1.165, 1.54) is 4.68 Å². The molecule has 0 spiro atoms. The number of hydrogen-bond acceptors (Lipinski definition) is 9. The fourth-order valence-corrected chi connectivity index (χ4v) is 6.11. The normalized spacial score (nSPS) is 16.2. The van der Waals surface area contributed by atoms with E-state index in [0.29, 0.717) is 59.7 Å². The Morgan fingerprint density at radius 3 is 2.61 bits per heavy atom. The molecule has 12 nitrogen and oxygen atoms in total. The summed E-state index contributed by atoms with van der Waals surface area (Å²) in [5.74, 6) is 1.51. The number of nitrogens with two attached hydrogens (primary N) is 1. The summed E-state index contributed by atoms with van der Waals surface area (Å²) >= 11 is 6.15. The minimum absolute atomic E-state index is 0.101. The van der Waals surface area contributed by atoms with Crippen LogP contribution >= 0.6 is 11.6 Å². The van der Waals surface area contributed by atoms with Crippen molar-refractivity contribution in [3.05, 3.63) is 75.3 Å². The maximum absolute atomic E-state index is 13.4. The molecule has 5 heterocycles. The molecule has 4 aromatic rings. The summed E-state index contributed by atoms with van der Waals surface area (Å²) in [5.41, 5.74) is 8.63. The van der Waals surface area contributed by atoms with Crippen molar-refractivity contribution in [1.29, 1.82) is 0 Å². The molecule has 2 fully saturated rings. The molecular formula is C31H37ClN10O2. The first-order valence-corrected chi connectivity index (χ1v) is 15.3. The zero-order valence-corrected chi connectivity index (χ0v) is 25.7. The highest BCUT2D eigenvalue weighted by molar-refractivity contribution is 6.30. The van der Waals surface area contributed by atoms with Crippen molar-refractivity contribution in [2.45, 2.75) is 32.2 Å². The second-order valence-electron chi connectivity index (χ2n) is 11.3. The summed E-state index contributed by atoms with van der Waals surface area (Å²) in [6, 6.07) is 12.9. The molecule has 0 unspecified atom stereocenters. The highest BCUT2D eigenvalue weighted by atomic mass is 35.5. The molecule has 2 aliphatic heterocycles. The van der Waals surface area contributed by atoms with Crippen molar-refractivity contribution in [1.82, 2.24) is 34.9 Å².